The van der Waals surface area contributed by atoms with Gasteiger partial charge in [-0.3, -0.25) is 0 Å². The van der Waals surface area contributed by atoms with Gasteiger partial charge >= 0.3 is 5.97 Å². The van der Waals surface area contributed by atoms with Crippen LogP contribution in [0.4, 0.5) is 0 Å². The van der Waals surface area contributed by atoms with Crippen LogP contribution in [0.2, 0.25) is 0 Å². The molecule has 17 heavy (non-hydrogen) atoms. The molecule has 4 nitrogen and oxygen atoms in total. The van der Waals surface area contributed by atoms with E-state index in [1.807, 2.05) is 6.07 Å². The van der Waals surface area contributed by atoms with Gasteiger partial charge in [0.15, 0.2) is 0 Å². The quantitative estimate of drug-likeness (QED) is 0.485. The number of esters is 1. The third kappa shape index (κ3) is 2.36. The minimum Gasteiger partial charge on any atom is -0.425 e. The second kappa shape index (κ2) is 5.10. The summed E-state index contributed by atoms with van der Waals surface area (Å²) in [6.45, 7) is -0.638. The summed E-state index contributed by atoms with van der Waals surface area (Å²) in [5.41, 5.74) is 1.85. The number of fused-ring (bicyclic) bond motifs is 1. The number of rotatable bonds is 3. The molecule has 0 aliphatic heterocycles. The molecule has 1 N–H and O–H groups in total. The normalized spacial score (nSPS) is 18.3. The maximum atomic E-state index is 11.1. The number of hydrogen-bond acceptors (Lipinski definition) is 4. The van der Waals surface area contributed by atoms with Gasteiger partial charge in [-0.1, -0.05) is 12.1 Å². The Morgan fingerprint density at radius 2 is 2.35 bits per heavy atom. The van der Waals surface area contributed by atoms with E-state index in [1.165, 1.54) is 0 Å². The first-order valence-electron chi connectivity index (χ1n) is 5.65. The van der Waals surface area contributed by atoms with E-state index in [-0.39, 0.29) is 5.92 Å². The van der Waals surface area contributed by atoms with Crippen molar-refractivity contribution in [1.82, 2.24) is 0 Å². The zero-order valence-corrected chi connectivity index (χ0v) is 9.39. The van der Waals surface area contributed by atoms with Crippen LogP contribution in [0, 0.1) is 0 Å². The highest BCUT2D eigenvalue weighted by Gasteiger charge is 2.23. The Kier molecular flexibility index (Phi) is 3.54. The van der Waals surface area contributed by atoms with E-state index in [4.69, 9.17) is 9.84 Å². The van der Waals surface area contributed by atoms with Crippen LogP contribution in [-0.2, 0) is 16.0 Å². The van der Waals surface area contributed by atoms with Crippen LogP contribution < -0.4 is 4.74 Å². The number of hydrogen-bond donors (Lipinski definition) is 1. The van der Waals surface area contributed by atoms with Crippen LogP contribution in [0.5, 0.6) is 5.75 Å². The van der Waals surface area contributed by atoms with Crippen molar-refractivity contribution in [3.8, 4) is 5.75 Å². The lowest BCUT2D eigenvalue weighted by molar-refractivity contribution is -0.137. The molecule has 0 saturated carbocycles. The van der Waals surface area contributed by atoms with Gasteiger partial charge < -0.3 is 14.6 Å². The maximum Gasteiger partial charge on any atom is 0.337 e. The Hall–Kier alpha value is -1.68. The third-order valence-corrected chi connectivity index (χ3v) is 3.03. The number of benzene rings is 1. The highest BCUT2D eigenvalue weighted by Crippen LogP contribution is 2.35. The summed E-state index contributed by atoms with van der Waals surface area (Å²) < 4.78 is 5.05. The van der Waals surface area contributed by atoms with Crippen LogP contribution in [0.3, 0.4) is 0 Å². The van der Waals surface area contributed by atoms with Crippen molar-refractivity contribution in [3.63, 3.8) is 0 Å². The van der Waals surface area contributed by atoms with E-state index in [2.05, 4.69) is 0 Å². The first-order valence-corrected chi connectivity index (χ1v) is 5.65. The van der Waals surface area contributed by atoms with E-state index in [0.29, 0.717) is 5.75 Å². The molecule has 1 aromatic carbocycles. The minimum absolute atomic E-state index is 0.105. The Balaban J connectivity index is 2.35. The lowest BCUT2D eigenvalue weighted by Crippen LogP contribution is -2.16. The molecule has 0 aromatic heterocycles. The van der Waals surface area contributed by atoms with Crippen LogP contribution in [0.25, 0.3) is 0 Å². The van der Waals surface area contributed by atoms with Gasteiger partial charge in [-0.25, -0.2) is 4.79 Å². The molecular formula is C13H14O4. The van der Waals surface area contributed by atoms with Crippen LogP contribution in [-0.4, -0.2) is 24.0 Å². The van der Waals surface area contributed by atoms with Crippen molar-refractivity contribution in [1.29, 1.82) is 0 Å². The molecule has 4 heteroatoms. The highest BCUT2D eigenvalue weighted by molar-refractivity contribution is 5.74. The van der Waals surface area contributed by atoms with E-state index < -0.39 is 12.6 Å². The molecule has 1 atom stereocenters. The molecule has 1 aromatic rings. The fourth-order valence-electron chi connectivity index (χ4n) is 2.24. The standard InChI is InChI=1S/C13H14O4/c14-7-9-3-1-5-11-10(9)4-2-6-12(11)17-13(16)8-15/h2,4,6-7,9,15H,1,3,5,8H2. The average Bonchev–Trinajstić information content (AvgIpc) is 2.38. The summed E-state index contributed by atoms with van der Waals surface area (Å²) in [5.74, 6) is -0.314. The van der Waals surface area contributed by atoms with Crippen molar-refractivity contribution in [2.75, 3.05) is 6.61 Å². The monoisotopic (exact) mass is 234 g/mol. The van der Waals surface area contributed by atoms with Gasteiger partial charge in [0.1, 0.15) is 18.6 Å². The molecule has 0 fully saturated rings. The fraction of sp³-hybridized carbons (Fsp3) is 0.385. The lowest BCUT2D eigenvalue weighted by atomic mass is 9.83. The largest absolute Gasteiger partial charge is 0.425 e. The van der Waals surface area contributed by atoms with Gasteiger partial charge in [-0.15, -0.1) is 0 Å². The van der Waals surface area contributed by atoms with E-state index in [9.17, 15) is 9.59 Å². The molecule has 0 amide bonds. The number of aliphatic hydroxyl groups excluding tert-OH is 1. The number of aldehydes is 1. The maximum absolute atomic E-state index is 11.1. The zero-order chi connectivity index (χ0) is 12.3. The van der Waals surface area contributed by atoms with Crippen molar-refractivity contribution < 1.29 is 19.4 Å². The number of ether oxygens (including phenoxy) is 1. The first-order chi connectivity index (χ1) is 8.26. The fourth-order valence-corrected chi connectivity index (χ4v) is 2.24. The van der Waals surface area contributed by atoms with Crippen molar-refractivity contribution in [3.05, 3.63) is 29.3 Å². The summed E-state index contributed by atoms with van der Waals surface area (Å²) in [7, 11) is 0. The molecule has 0 radical (unpaired) electrons. The molecule has 90 valence electrons. The third-order valence-electron chi connectivity index (χ3n) is 3.03. The Labute approximate surface area is 99.2 Å². The van der Waals surface area contributed by atoms with Crippen molar-refractivity contribution in [2.45, 2.75) is 25.2 Å². The Bertz CT molecular complexity index is 439. The van der Waals surface area contributed by atoms with Gasteiger partial charge in [0, 0.05) is 5.92 Å². The summed E-state index contributed by atoms with van der Waals surface area (Å²) in [5, 5.41) is 8.67. The van der Waals surface area contributed by atoms with Gasteiger partial charge in [0.25, 0.3) is 0 Å². The Morgan fingerprint density at radius 3 is 3.06 bits per heavy atom. The molecule has 1 aliphatic rings. The smallest absolute Gasteiger partial charge is 0.337 e. The zero-order valence-electron chi connectivity index (χ0n) is 9.39. The van der Waals surface area contributed by atoms with E-state index >= 15 is 0 Å². The highest BCUT2D eigenvalue weighted by atomic mass is 16.5. The van der Waals surface area contributed by atoms with Gasteiger partial charge in [-0.2, -0.15) is 0 Å². The number of carbonyl (C=O) groups is 2. The van der Waals surface area contributed by atoms with Crippen LogP contribution in [0.1, 0.15) is 29.9 Å². The van der Waals surface area contributed by atoms with Crippen LogP contribution in [0.15, 0.2) is 18.2 Å². The van der Waals surface area contributed by atoms with Crippen LogP contribution >= 0.6 is 0 Å². The predicted molar refractivity (Wildman–Crippen MR) is 60.9 cm³/mol. The summed E-state index contributed by atoms with van der Waals surface area (Å²) >= 11 is 0. The van der Waals surface area contributed by atoms with Crippen molar-refractivity contribution in [2.24, 2.45) is 0 Å². The second-order valence-electron chi connectivity index (χ2n) is 4.09. The molecule has 0 spiro atoms. The molecule has 0 bridgehead atoms. The first kappa shape index (κ1) is 11.8. The molecular weight excluding hydrogens is 220 g/mol. The molecule has 0 heterocycles. The topological polar surface area (TPSA) is 63.6 Å². The number of aliphatic hydroxyl groups is 1. The molecule has 0 saturated heterocycles. The van der Waals surface area contributed by atoms with Gasteiger partial charge in [0.05, 0.1) is 0 Å². The molecule has 2 rings (SSSR count). The number of carbonyl (C=O) groups excluding carboxylic acids is 2. The Morgan fingerprint density at radius 1 is 1.53 bits per heavy atom. The van der Waals surface area contributed by atoms with Gasteiger partial charge in [0.2, 0.25) is 0 Å². The molecule has 1 unspecified atom stereocenters. The second-order valence-corrected chi connectivity index (χ2v) is 4.09. The molecule has 1 aliphatic carbocycles. The SMILES string of the molecule is O=CC1CCCc2c(OC(=O)CO)cccc21. The minimum atomic E-state index is -0.674. The predicted octanol–water partition coefficient (Wildman–Crippen LogP) is 1.20. The summed E-state index contributed by atoms with van der Waals surface area (Å²) in [6, 6.07) is 5.35. The summed E-state index contributed by atoms with van der Waals surface area (Å²) in [6.07, 6.45) is 3.49. The van der Waals surface area contributed by atoms with Gasteiger partial charge in [-0.05, 0) is 36.5 Å². The van der Waals surface area contributed by atoms with E-state index in [0.717, 1.165) is 36.7 Å². The lowest BCUT2D eigenvalue weighted by Gasteiger charge is -2.23. The average molecular weight is 234 g/mol. The summed E-state index contributed by atoms with van der Waals surface area (Å²) in [4.78, 5) is 22.0. The van der Waals surface area contributed by atoms with Crippen molar-refractivity contribution >= 4 is 12.3 Å². The van der Waals surface area contributed by atoms with E-state index in [1.54, 1.807) is 12.1 Å².